The van der Waals surface area contributed by atoms with Gasteiger partial charge in [0.05, 0.1) is 11.4 Å². The molecule has 15 rings (SSSR count). The zero-order valence-corrected chi connectivity index (χ0v) is 40.0. The van der Waals surface area contributed by atoms with E-state index in [0.29, 0.717) is 11.8 Å². The normalized spacial score (nSPS) is 14.8. The summed E-state index contributed by atoms with van der Waals surface area (Å²) >= 11 is 0. The Morgan fingerprint density at radius 3 is 1.06 bits per heavy atom. The van der Waals surface area contributed by atoms with E-state index in [2.05, 4.69) is 201 Å². The molecule has 0 N–H and O–H groups in total. The molecule has 69 heavy (non-hydrogen) atoms. The lowest BCUT2D eigenvalue weighted by atomic mass is 9.32. The van der Waals surface area contributed by atoms with E-state index in [9.17, 15) is 0 Å². The average molecular weight is 885 g/mol. The lowest BCUT2D eigenvalue weighted by Gasteiger charge is -2.47. The molecule has 11 aromatic rings. The van der Waals surface area contributed by atoms with Crippen LogP contribution in [0.4, 0.5) is 34.1 Å². The molecule has 0 fully saturated rings. The predicted octanol–water partition coefficient (Wildman–Crippen LogP) is 15.9. The monoisotopic (exact) mass is 884 g/mol. The first-order valence-electron chi connectivity index (χ1n) is 25.7. The third kappa shape index (κ3) is 5.29. The molecule has 2 aliphatic carbocycles. The van der Waals surface area contributed by atoms with Crippen molar-refractivity contribution < 1.29 is 0 Å². The Labute approximate surface area is 404 Å². The highest BCUT2D eigenvalue weighted by Crippen LogP contribution is 2.54. The lowest BCUT2D eigenvalue weighted by molar-refractivity contribution is 0.837. The van der Waals surface area contributed by atoms with E-state index in [-0.39, 0.29) is 6.71 Å². The van der Waals surface area contributed by atoms with Crippen LogP contribution in [0.3, 0.4) is 0 Å². The van der Waals surface area contributed by atoms with E-state index >= 15 is 0 Å². The van der Waals surface area contributed by atoms with Crippen molar-refractivity contribution in [3.8, 4) is 0 Å². The van der Waals surface area contributed by atoms with Crippen molar-refractivity contribution in [1.82, 2.24) is 0 Å². The number of benzene rings is 11. The van der Waals surface area contributed by atoms with Gasteiger partial charge in [0, 0.05) is 33.5 Å². The highest BCUT2D eigenvalue weighted by Gasteiger charge is 2.47. The molecular formula is C66H53BN2. The van der Waals surface area contributed by atoms with Gasteiger partial charge >= 0.3 is 0 Å². The minimum atomic E-state index is 0.0700. The van der Waals surface area contributed by atoms with Crippen LogP contribution >= 0.6 is 0 Å². The summed E-state index contributed by atoms with van der Waals surface area (Å²) in [6.07, 6.45) is 7.00. The first-order chi connectivity index (χ1) is 34.0. The summed E-state index contributed by atoms with van der Waals surface area (Å²) < 4.78 is 0. The highest BCUT2D eigenvalue weighted by atomic mass is 15.2. The maximum Gasteiger partial charge on any atom is 0.252 e. The smallest absolute Gasteiger partial charge is 0.252 e. The Morgan fingerprint density at radius 1 is 0.362 bits per heavy atom. The van der Waals surface area contributed by atoms with Gasteiger partial charge in [-0.1, -0.05) is 167 Å². The van der Waals surface area contributed by atoms with Crippen LogP contribution < -0.4 is 26.2 Å². The summed E-state index contributed by atoms with van der Waals surface area (Å²) in [4.78, 5) is 5.54. The number of anilines is 6. The molecule has 2 nitrogen and oxygen atoms in total. The van der Waals surface area contributed by atoms with E-state index in [0.717, 1.165) is 25.7 Å². The lowest BCUT2D eigenvalue weighted by Crippen LogP contribution is -2.62. The largest absolute Gasteiger partial charge is 0.310 e. The van der Waals surface area contributed by atoms with Crippen LogP contribution in [0, 0.1) is 0 Å². The summed E-state index contributed by atoms with van der Waals surface area (Å²) in [5.41, 5.74) is 21.7. The fourth-order valence-corrected chi connectivity index (χ4v) is 14.5. The second-order valence-corrected chi connectivity index (χ2v) is 21.1. The molecule has 330 valence electrons. The first kappa shape index (κ1) is 39.6. The van der Waals surface area contributed by atoms with Gasteiger partial charge in [0.1, 0.15) is 0 Å². The number of rotatable bonds is 4. The van der Waals surface area contributed by atoms with Crippen LogP contribution in [0.5, 0.6) is 0 Å². The molecule has 4 aliphatic rings. The Bertz CT molecular complexity index is 3720. The standard InChI is InChI=1S/C66H53BN2/c1-38(2)60-42-28-13-18-40(42)36-54-65(60)68(56-32-15-30-52-48-22-7-5-20-44(48)46-24-9-11-26-50(46)62(52)56)58-34-17-35-59-64(58)67(54)55-37-41-19-14-29-43(41)61(39(3)4)66(55)69(59)57-33-16-31-53-49-23-8-6-21-45(49)47-25-10-12-27-51(47)63(53)57/h5-12,15-17,20-27,30-39H,13-14,18-19,28-29H2,1-4H3. The fraction of sp³-hybridized carbons (Fsp3) is 0.182. The average Bonchev–Trinajstić information content (AvgIpc) is 4.07. The van der Waals surface area contributed by atoms with E-state index in [1.54, 1.807) is 33.4 Å². The van der Waals surface area contributed by atoms with Gasteiger partial charge in [0.15, 0.2) is 0 Å². The minimum Gasteiger partial charge on any atom is -0.310 e. The fourth-order valence-electron chi connectivity index (χ4n) is 14.5. The van der Waals surface area contributed by atoms with Gasteiger partial charge in [-0.15, -0.1) is 0 Å². The number of hydrogen-bond acceptors (Lipinski definition) is 2. The van der Waals surface area contributed by atoms with Crippen molar-refractivity contribution in [2.45, 2.75) is 78.1 Å². The Hall–Kier alpha value is -7.36. The summed E-state index contributed by atoms with van der Waals surface area (Å²) in [5, 5.41) is 15.7. The minimum absolute atomic E-state index is 0.0700. The molecule has 0 unspecified atom stereocenters. The van der Waals surface area contributed by atoms with Crippen molar-refractivity contribution in [3.63, 3.8) is 0 Å². The van der Waals surface area contributed by atoms with Crippen LogP contribution in [0.25, 0.3) is 64.6 Å². The number of hydrogen-bond donors (Lipinski definition) is 0. The molecule has 3 heteroatoms. The van der Waals surface area contributed by atoms with Gasteiger partial charge < -0.3 is 9.80 Å². The highest BCUT2D eigenvalue weighted by molar-refractivity contribution is 7.00. The molecule has 11 aromatic carbocycles. The Morgan fingerprint density at radius 2 is 0.681 bits per heavy atom. The van der Waals surface area contributed by atoms with Crippen molar-refractivity contribution in [2.24, 2.45) is 0 Å². The van der Waals surface area contributed by atoms with Crippen LogP contribution in [-0.2, 0) is 25.7 Å². The van der Waals surface area contributed by atoms with Gasteiger partial charge in [-0.25, -0.2) is 0 Å². The van der Waals surface area contributed by atoms with Crippen molar-refractivity contribution in [2.75, 3.05) is 9.80 Å². The molecule has 0 bridgehead atoms. The summed E-state index contributed by atoms with van der Waals surface area (Å²) in [7, 11) is 0. The van der Waals surface area contributed by atoms with Gasteiger partial charge in [-0.3, -0.25) is 0 Å². The summed E-state index contributed by atoms with van der Waals surface area (Å²) in [5.74, 6) is 0.687. The molecule has 2 heterocycles. The molecular weight excluding hydrogens is 832 g/mol. The SMILES string of the molecule is CC(C)c1c2c(cc3c1N(c1cccc4c5ccccc5c5ccccc5c14)c1cccc4c1B3c1cc3c(c(C(C)C)c1N4c1cccc4c5ccccc5c5ccccc5c14)CCC3)CCC2. The topological polar surface area (TPSA) is 6.48 Å². The molecule has 0 amide bonds. The number of nitrogens with zero attached hydrogens (tertiary/aromatic N) is 2. The van der Waals surface area contributed by atoms with Gasteiger partial charge in [-0.05, 0) is 178 Å². The zero-order chi connectivity index (χ0) is 45.8. The predicted molar refractivity (Wildman–Crippen MR) is 298 cm³/mol. The molecule has 0 saturated heterocycles. The summed E-state index contributed by atoms with van der Waals surface area (Å²) in [6.45, 7) is 9.90. The number of aryl methyl sites for hydroxylation is 2. The second kappa shape index (κ2) is 14.6. The third-order valence-electron chi connectivity index (χ3n) is 16.9. The van der Waals surface area contributed by atoms with Crippen LogP contribution in [0.2, 0.25) is 0 Å². The second-order valence-electron chi connectivity index (χ2n) is 21.1. The molecule has 2 aliphatic heterocycles. The third-order valence-corrected chi connectivity index (χ3v) is 16.9. The van der Waals surface area contributed by atoms with Crippen LogP contribution in [-0.4, -0.2) is 6.71 Å². The molecule has 0 spiro atoms. The van der Waals surface area contributed by atoms with Crippen LogP contribution in [0.1, 0.15) is 85.8 Å². The van der Waals surface area contributed by atoms with Gasteiger partial charge in [0.25, 0.3) is 6.71 Å². The van der Waals surface area contributed by atoms with Gasteiger partial charge in [0.2, 0.25) is 0 Å². The quantitative estimate of drug-likeness (QED) is 0.128. The van der Waals surface area contributed by atoms with E-state index in [1.807, 2.05) is 0 Å². The van der Waals surface area contributed by atoms with Gasteiger partial charge in [-0.2, -0.15) is 0 Å². The molecule has 0 saturated carbocycles. The zero-order valence-electron chi connectivity index (χ0n) is 40.0. The van der Waals surface area contributed by atoms with Crippen molar-refractivity contribution >= 4 is 122 Å². The maximum absolute atomic E-state index is 2.77. The number of fused-ring (bicyclic) bond motifs is 18. The van der Waals surface area contributed by atoms with E-state index in [4.69, 9.17) is 0 Å². The van der Waals surface area contributed by atoms with E-state index in [1.165, 1.54) is 128 Å². The Kier molecular flexibility index (Phi) is 8.37. The molecule has 0 aromatic heterocycles. The van der Waals surface area contributed by atoms with E-state index < -0.39 is 0 Å². The van der Waals surface area contributed by atoms with Crippen molar-refractivity contribution in [3.05, 3.63) is 197 Å². The maximum atomic E-state index is 2.77. The van der Waals surface area contributed by atoms with Crippen molar-refractivity contribution in [1.29, 1.82) is 0 Å². The van der Waals surface area contributed by atoms with Crippen LogP contribution in [0.15, 0.2) is 164 Å². The first-order valence-corrected chi connectivity index (χ1v) is 25.7. The Balaban J connectivity index is 1.13. The molecule has 0 atom stereocenters. The molecule has 0 radical (unpaired) electrons. The summed E-state index contributed by atoms with van der Waals surface area (Å²) in [6, 6.07) is 63.4.